The van der Waals surface area contributed by atoms with E-state index in [-0.39, 0.29) is 11.7 Å². The number of fused-ring (bicyclic) bond motifs is 1. The van der Waals surface area contributed by atoms with Gasteiger partial charge in [0.15, 0.2) is 5.82 Å². The first-order valence-corrected chi connectivity index (χ1v) is 9.23. The van der Waals surface area contributed by atoms with Crippen molar-refractivity contribution in [2.45, 2.75) is 13.8 Å². The lowest BCUT2D eigenvalue weighted by molar-refractivity contribution is -0.111. The zero-order valence-electron chi connectivity index (χ0n) is 16.7. The van der Waals surface area contributed by atoms with Crippen molar-refractivity contribution in [2.75, 3.05) is 12.4 Å². The van der Waals surface area contributed by atoms with Crippen molar-refractivity contribution in [2.24, 2.45) is 0 Å². The van der Waals surface area contributed by atoms with Crippen LogP contribution in [0.15, 0.2) is 63.7 Å². The molecule has 0 aliphatic carbocycles. The number of carbonyl (C=O) groups excluding carboxylic acids is 1. The van der Waals surface area contributed by atoms with Crippen molar-refractivity contribution in [3.05, 3.63) is 71.9 Å². The largest absolute Gasteiger partial charge is 0.496 e. The van der Waals surface area contributed by atoms with Gasteiger partial charge in [-0.1, -0.05) is 17.3 Å². The fourth-order valence-electron chi connectivity index (χ4n) is 3.25. The molecule has 0 aliphatic heterocycles. The number of halogens is 1. The molecule has 2 heterocycles. The number of furan rings is 1. The highest BCUT2D eigenvalue weighted by atomic mass is 19.1. The average Bonchev–Trinajstić information content (AvgIpc) is 3.32. The molecule has 4 aromatic rings. The fraction of sp³-hybridized carbons (Fsp3) is 0.130. The lowest BCUT2D eigenvalue weighted by Crippen LogP contribution is -2.08. The quantitative estimate of drug-likeness (QED) is 0.438. The molecule has 30 heavy (non-hydrogen) atoms. The van der Waals surface area contributed by atoms with E-state index in [4.69, 9.17) is 13.7 Å². The summed E-state index contributed by atoms with van der Waals surface area (Å²) in [5, 5.41) is 7.25. The van der Waals surface area contributed by atoms with Gasteiger partial charge in [0.25, 0.3) is 0 Å². The van der Waals surface area contributed by atoms with Crippen LogP contribution in [0.4, 0.5) is 10.2 Å². The minimum Gasteiger partial charge on any atom is -0.496 e. The summed E-state index contributed by atoms with van der Waals surface area (Å²) in [6.45, 7) is 3.56. The van der Waals surface area contributed by atoms with Crippen LogP contribution in [-0.2, 0) is 4.79 Å². The number of ether oxygens (including phenoxy) is 1. The first-order chi connectivity index (χ1) is 14.4. The van der Waals surface area contributed by atoms with Gasteiger partial charge >= 0.3 is 0 Å². The third-order valence-corrected chi connectivity index (χ3v) is 4.70. The maximum absolute atomic E-state index is 13.3. The molecule has 0 saturated carbocycles. The highest BCUT2D eigenvalue weighted by Crippen LogP contribution is 2.37. The molecule has 0 radical (unpaired) electrons. The van der Waals surface area contributed by atoms with E-state index in [9.17, 15) is 9.18 Å². The third kappa shape index (κ3) is 3.82. The molecule has 6 nitrogen and oxygen atoms in total. The fourth-order valence-corrected chi connectivity index (χ4v) is 3.25. The van der Waals surface area contributed by atoms with Crippen LogP contribution in [0, 0.1) is 12.7 Å². The van der Waals surface area contributed by atoms with Crippen molar-refractivity contribution in [3.63, 3.8) is 0 Å². The van der Waals surface area contributed by atoms with Gasteiger partial charge in [-0.3, -0.25) is 4.79 Å². The number of aromatic nitrogens is 1. The SMILES string of the molecule is COc1cc2occ(-c3ccc(F)cc3)c2cc1/C(C)=C/C(=O)Nc1cc(C)on1. The number of rotatable bonds is 5. The van der Waals surface area contributed by atoms with Crippen LogP contribution in [0.5, 0.6) is 5.75 Å². The minimum absolute atomic E-state index is 0.305. The minimum atomic E-state index is -0.339. The van der Waals surface area contributed by atoms with Gasteiger partial charge in [-0.15, -0.1) is 0 Å². The van der Waals surface area contributed by atoms with Crippen molar-refractivity contribution in [1.29, 1.82) is 0 Å². The monoisotopic (exact) mass is 406 g/mol. The number of nitrogens with one attached hydrogen (secondary N) is 1. The number of benzene rings is 2. The highest BCUT2D eigenvalue weighted by molar-refractivity contribution is 6.05. The number of hydrogen-bond acceptors (Lipinski definition) is 5. The summed E-state index contributed by atoms with van der Waals surface area (Å²) >= 11 is 0. The van der Waals surface area contributed by atoms with Gasteiger partial charge in [0.05, 0.1) is 13.4 Å². The van der Waals surface area contributed by atoms with E-state index in [1.165, 1.54) is 18.2 Å². The van der Waals surface area contributed by atoms with Crippen molar-refractivity contribution in [3.8, 4) is 16.9 Å². The van der Waals surface area contributed by atoms with Crippen molar-refractivity contribution < 1.29 is 22.9 Å². The molecule has 152 valence electrons. The second-order valence-electron chi connectivity index (χ2n) is 6.84. The van der Waals surface area contributed by atoms with E-state index in [1.807, 2.05) is 13.0 Å². The molecule has 0 saturated heterocycles. The lowest BCUT2D eigenvalue weighted by Gasteiger charge is -2.10. The number of carbonyl (C=O) groups is 1. The summed E-state index contributed by atoms with van der Waals surface area (Å²) in [5.74, 6) is 0.875. The number of nitrogens with zero attached hydrogens (tertiary/aromatic N) is 1. The maximum Gasteiger partial charge on any atom is 0.249 e. The van der Waals surface area contributed by atoms with E-state index >= 15 is 0 Å². The second-order valence-corrected chi connectivity index (χ2v) is 6.84. The molecule has 1 N–H and O–H groups in total. The number of allylic oxidation sites excluding steroid dienone is 1. The standard InChI is InChI=1S/C23H19FN2O4/c1-13(8-23(27)25-22-9-14(2)30-26-22)17-10-18-19(15-4-6-16(24)7-5-15)12-29-21(18)11-20(17)28-3/h4-12H,1-3H3,(H,25,26,27)/b13-8+. The third-order valence-electron chi connectivity index (χ3n) is 4.70. The highest BCUT2D eigenvalue weighted by Gasteiger charge is 2.15. The Hall–Kier alpha value is -3.87. The van der Waals surface area contributed by atoms with Crippen molar-refractivity contribution in [1.82, 2.24) is 5.16 Å². The van der Waals surface area contributed by atoms with E-state index in [1.54, 1.807) is 44.6 Å². The second kappa shape index (κ2) is 7.87. The summed E-state index contributed by atoms with van der Waals surface area (Å²) in [5.41, 5.74) is 3.71. The van der Waals surface area contributed by atoms with Crippen LogP contribution in [0.2, 0.25) is 0 Å². The Labute approximate surface area is 171 Å². The Morgan fingerprint density at radius 1 is 1.20 bits per heavy atom. The molecular weight excluding hydrogens is 387 g/mol. The predicted molar refractivity (Wildman–Crippen MR) is 112 cm³/mol. The molecule has 0 spiro atoms. The summed E-state index contributed by atoms with van der Waals surface area (Å²) in [6.07, 6.45) is 3.09. The van der Waals surface area contributed by atoms with Crippen LogP contribution >= 0.6 is 0 Å². The molecular formula is C23H19FN2O4. The number of anilines is 1. The zero-order chi connectivity index (χ0) is 21.3. The molecule has 7 heteroatoms. The molecule has 0 bridgehead atoms. The van der Waals surface area contributed by atoms with Gasteiger partial charge in [-0.25, -0.2) is 4.39 Å². The number of aryl methyl sites for hydroxylation is 1. The van der Waals surface area contributed by atoms with E-state index in [0.717, 1.165) is 22.1 Å². The van der Waals surface area contributed by atoms with Crippen molar-refractivity contribution >= 4 is 28.3 Å². The Balaban J connectivity index is 1.72. The van der Waals surface area contributed by atoms with Crippen LogP contribution in [-0.4, -0.2) is 18.2 Å². The van der Waals surface area contributed by atoms with E-state index < -0.39 is 0 Å². The van der Waals surface area contributed by atoms with E-state index in [0.29, 0.717) is 28.5 Å². The number of amides is 1. The molecule has 0 fully saturated rings. The number of methoxy groups -OCH3 is 1. The summed E-state index contributed by atoms with van der Waals surface area (Å²) < 4.78 is 29.4. The number of hydrogen-bond donors (Lipinski definition) is 1. The van der Waals surface area contributed by atoms with Gasteiger partial charge in [-0.2, -0.15) is 0 Å². The molecule has 0 aliphatic rings. The Morgan fingerprint density at radius 3 is 2.63 bits per heavy atom. The Morgan fingerprint density at radius 2 is 1.97 bits per heavy atom. The Kier molecular flexibility index (Phi) is 5.10. The van der Waals surface area contributed by atoms with E-state index in [2.05, 4.69) is 10.5 Å². The van der Waals surface area contributed by atoms with Gasteiger partial charge in [-0.05, 0) is 43.2 Å². The molecule has 1 amide bonds. The van der Waals surface area contributed by atoms with Gasteiger partial charge < -0.3 is 19.0 Å². The first kappa shape index (κ1) is 19.4. The topological polar surface area (TPSA) is 77.5 Å². The molecule has 2 aromatic heterocycles. The van der Waals surface area contributed by atoms with Gasteiger partial charge in [0, 0.05) is 34.7 Å². The average molecular weight is 406 g/mol. The summed E-state index contributed by atoms with van der Waals surface area (Å²) in [7, 11) is 1.56. The summed E-state index contributed by atoms with van der Waals surface area (Å²) in [4.78, 5) is 12.4. The van der Waals surface area contributed by atoms with Gasteiger partial charge in [0.2, 0.25) is 5.91 Å². The van der Waals surface area contributed by atoms with Crippen LogP contribution in [0.3, 0.4) is 0 Å². The molecule has 4 rings (SSSR count). The van der Waals surface area contributed by atoms with Gasteiger partial charge in [0.1, 0.15) is 22.9 Å². The lowest BCUT2D eigenvalue weighted by atomic mass is 9.99. The molecule has 0 atom stereocenters. The van der Waals surface area contributed by atoms with Crippen LogP contribution in [0.1, 0.15) is 18.2 Å². The Bertz CT molecular complexity index is 1250. The normalized spacial score (nSPS) is 11.7. The summed E-state index contributed by atoms with van der Waals surface area (Å²) in [6, 6.07) is 11.5. The molecule has 2 aromatic carbocycles. The maximum atomic E-state index is 13.3. The zero-order valence-corrected chi connectivity index (χ0v) is 16.7. The van der Waals surface area contributed by atoms with Crippen LogP contribution < -0.4 is 10.1 Å². The van der Waals surface area contributed by atoms with Crippen LogP contribution in [0.25, 0.3) is 27.7 Å². The first-order valence-electron chi connectivity index (χ1n) is 9.23. The predicted octanol–water partition coefficient (Wildman–Crippen LogP) is 5.59. The molecule has 0 unspecified atom stereocenters. The smallest absolute Gasteiger partial charge is 0.249 e.